The average molecular weight is 484 g/mol. The first-order valence-corrected chi connectivity index (χ1v) is 11.6. The summed E-state index contributed by atoms with van der Waals surface area (Å²) in [6, 6.07) is 14.3. The smallest absolute Gasteiger partial charge is 0.273 e. The van der Waals surface area contributed by atoms with Crippen molar-refractivity contribution < 1.29 is 13.6 Å². The Hall–Kier alpha value is -3.57. The van der Waals surface area contributed by atoms with Crippen LogP contribution in [0.4, 0.5) is 14.5 Å². The number of nitrogens with zero attached hydrogens (tertiary/aromatic N) is 4. The van der Waals surface area contributed by atoms with E-state index in [1.165, 1.54) is 11.3 Å². The lowest BCUT2D eigenvalue weighted by molar-refractivity contribution is -0.113. The van der Waals surface area contributed by atoms with Gasteiger partial charge in [0, 0.05) is 6.07 Å². The van der Waals surface area contributed by atoms with Gasteiger partial charge in [-0.3, -0.25) is 18.6 Å². The van der Waals surface area contributed by atoms with Crippen LogP contribution in [0.15, 0.2) is 69.9 Å². The highest BCUT2D eigenvalue weighted by Gasteiger charge is 2.19. The number of aromatic nitrogens is 4. The fraction of sp³-hybridized carbons (Fsp3) is 0.0909. The van der Waals surface area contributed by atoms with Crippen molar-refractivity contribution in [2.75, 3.05) is 11.1 Å². The number of carbonyl (C=O) groups is 1. The van der Waals surface area contributed by atoms with Crippen LogP contribution in [0.3, 0.4) is 0 Å². The first-order chi connectivity index (χ1) is 16.0. The summed E-state index contributed by atoms with van der Waals surface area (Å²) in [5.41, 5.74) is 1.33. The van der Waals surface area contributed by atoms with Crippen molar-refractivity contribution in [2.45, 2.75) is 11.7 Å². The van der Waals surface area contributed by atoms with Crippen molar-refractivity contribution >= 4 is 50.7 Å². The Morgan fingerprint density at radius 1 is 1.09 bits per heavy atom. The molecule has 0 saturated carbocycles. The first kappa shape index (κ1) is 21.3. The Kier molecular flexibility index (Phi) is 5.65. The van der Waals surface area contributed by atoms with Crippen LogP contribution in [0, 0.1) is 11.6 Å². The molecule has 5 rings (SSSR count). The van der Waals surface area contributed by atoms with E-state index in [9.17, 15) is 18.4 Å². The van der Waals surface area contributed by atoms with Gasteiger partial charge in [0.1, 0.15) is 16.3 Å². The summed E-state index contributed by atoms with van der Waals surface area (Å²) < 4.78 is 30.7. The van der Waals surface area contributed by atoms with Gasteiger partial charge in [-0.2, -0.15) is 0 Å². The monoisotopic (exact) mass is 483 g/mol. The third kappa shape index (κ3) is 4.12. The lowest BCUT2D eigenvalue weighted by Gasteiger charge is -2.09. The number of fused-ring (bicyclic) bond motifs is 3. The van der Waals surface area contributed by atoms with Crippen LogP contribution in [0.25, 0.3) is 16.0 Å². The molecule has 0 spiro atoms. The molecule has 33 heavy (non-hydrogen) atoms. The van der Waals surface area contributed by atoms with Crippen LogP contribution in [0.5, 0.6) is 0 Å². The topological polar surface area (TPSA) is 81.3 Å². The molecule has 5 aromatic rings. The van der Waals surface area contributed by atoms with Crippen molar-refractivity contribution in [3.8, 4) is 0 Å². The molecule has 2 aromatic carbocycles. The predicted molar refractivity (Wildman–Crippen MR) is 124 cm³/mol. The van der Waals surface area contributed by atoms with Crippen LogP contribution in [0.1, 0.15) is 5.56 Å². The highest BCUT2D eigenvalue weighted by Crippen LogP contribution is 2.25. The lowest BCUT2D eigenvalue weighted by atomic mass is 10.2. The summed E-state index contributed by atoms with van der Waals surface area (Å²) in [4.78, 5) is 25.5. The molecule has 0 aliphatic carbocycles. The van der Waals surface area contributed by atoms with Crippen LogP contribution in [0.2, 0.25) is 0 Å². The molecule has 11 heteroatoms. The molecule has 0 atom stereocenters. The number of carbonyl (C=O) groups excluding carboxylic acids is 1. The number of halogens is 2. The fourth-order valence-electron chi connectivity index (χ4n) is 3.41. The zero-order valence-electron chi connectivity index (χ0n) is 16.9. The maximum absolute atomic E-state index is 13.8. The minimum absolute atomic E-state index is 0.0823. The van der Waals surface area contributed by atoms with Gasteiger partial charge in [-0.05, 0) is 29.1 Å². The maximum atomic E-state index is 13.8. The summed E-state index contributed by atoms with van der Waals surface area (Å²) in [7, 11) is 0. The molecule has 7 nitrogen and oxygen atoms in total. The molecular formula is C22H15F2N5O2S2. The highest BCUT2D eigenvalue weighted by molar-refractivity contribution is 7.99. The minimum atomic E-state index is -0.855. The first-order valence-electron chi connectivity index (χ1n) is 9.78. The molecule has 3 aromatic heterocycles. The van der Waals surface area contributed by atoms with Gasteiger partial charge in [0.05, 0.1) is 23.5 Å². The van der Waals surface area contributed by atoms with Crippen LogP contribution in [-0.2, 0) is 11.3 Å². The van der Waals surface area contributed by atoms with E-state index in [2.05, 4.69) is 15.5 Å². The second-order valence-corrected chi connectivity index (χ2v) is 8.95. The van der Waals surface area contributed by atoms with Gasteiger partial charge in [-0.1, -0.05) is 42.1 Å². The van der Waals surface area contributed by atoms with E-state index in [-0.39, 0.29) is 17.0 Å². The highest BCUT2D eigenvalue weighted by atomic mass is 32.2. The molecular weight excluding hydrogens is 468 g/mol. The van der Waals surface area contributed by atoms with Crippen molar-refractivity contribution in [3.63, 3.8) is 0 Å². The van der Waals surface area contributed by atoms with E-state index < -0.39 is 17.5 Å². The number of nitrogens with one attached hydrogen (secondary N) is 1. The second-order valence-electron chi connectivity index (χ2n) is 7.09. The number of rotatable bonds is 6. The van der Waals surface area contributed by atoms with Gasteiger partial charge in [-0.15, -0.1) is 21.5 Å². The van der Waals surface area contributed by atoms with E-state index in [1.54, 1.807) is 8.97 Å². The lowest BCUT2D eigenvalue weighted by Crippen LogP contribution is -2.23. The molecule has 0 bridgehead atoms. The Labute approximate surface area is 193 Å². The Bertz CT molecular complexity index is 1550. The van der Waals surface area contributed by atoms with Gasteiger partial charge in [0.2, 0.25) is 11.7 Å². The van der Waals surface area contributed by atoms with E-state index in [1.807, 2.05) is 41.8 Å². The van der Waals surface area contributed by atoms with E-state index in [0.29, 0.717) is 33.8 Å². The molecule has 1 amide bonds. The zero-order chi connectivity index (χ0) is 22.9. The number of hydrogen-bond donors (Lipinski definition) is 1. The molecule has 0 aliphatic rings. The third-order valence-electron chi connectivity index (χ3n) is 4.90. The minimum Gasteiger partial charge on any atom is -0.323 e. The average Bonchev–Trinajstić information content (AvgIpc) is 3.45. The number of hydrogen-bond acceptors (Lipinski definition) is 6. The van der Waals surface area contributed by atoms with Gasteiger partial charge >= 0.3 is 0 Å². The molecule has 3 heterocycles. The SMILES string of the molecule is O=C(CSc1nnc2n(Cc3ccccc3)c(=O)c3sccc3n12)Nc1ccc(F)cc1F. The molecule has 0 radical (unpaired) electrons. The van der Waals surface area contributed by atoms with Gasteiger partial charge in [0.15, 0.2) is 5.16 Å². The number of thiophene rings is 1. The number of anilines is 1. The zero-order valence-corrected chi connectivity index (χ0v) is 18.5. The predicted octanol–water partition coefficient (Wildman–Crippen LogP) is 4.16. The summed E-state index contributed by atoms with van der Waals surface area (Å²) in [5.74, 6) is -1.79. The molecule has 0 fully saturated rings. The Morgan fingerprint density at radius 3 is 2.70 bits per heavy atom. The molecule has 0 aliphatic heterocycles. The van der Waals surface area contributed by atoms with Crippen LogP contribution >= 0.6 is 23.1 Å². The number of amides is 1. The quantitative estimate of drug-likeness (QED) is 0.367. The maximum Gasteiger partial charge on any atom is 0.273 e. The van der Waals surface area contributed by atoms with Crippen molar-refractivity contribution in [2.24, 2.45) is 0 Å². The molecule has 0 saturated heterocycles. The Morgan fingerprint density at radius 2 is 1.91 bits per heavy atom. The third-order valence-corrected chi connectivity index (χ3v) is 6.72. The number of thioether (sulfide) groups is 1. The Balaban J connectivity index is 1.46. The van der Waals surface area contributed by atoms with E-state index in [0.717, 1.165) is 29.5 Å². The van der Waals surface area contributed by atoms with Crippen molar-refractivity contribution in [3.05, 3.63) is 87.5 Å². The molecule has 166 valence electrons. The molecule has 0 unspecified atom stereocenters. The summed E-state index contributed by atoms with van der Waals surface area (Å²) >= 11 is 2.43. The van der Waals surface area contributed by atoms with E-state index >= 15 is 0 Å². The normalized spacial score (nSPS) is 11.3. The van der Waals surface area contributed by atoms with Gasteiger partial charge < -0.3 is 5.32 Å². The fourth-order valence-corrected chi connectivity index (χ4v) is 4.97. The number of benzene rings is 2. The molecule has 1 N–H and O–H groups in total. The summed E-state index contributed by atoms with van der Waals surface area (Å²) in [6.07, 6.45) is 0. The summed E-state index contributed by atoms with van der Waals surface area (Å²) in [6.45, 7) is 0.324. The van der Waals surface area contributed by atoms with Gasteiger partial charge in [-0.25, -0.2) is 8.78 Å². The van der Waals surface area contributed by atoms with Crippen molar-refractivity contribution in [1.29, 1.82) is 0 Å². The largest absolute Gasteiger partial charge is 0.323 e. The standard InChI is InChI=1S/C22H15F2N5O2S2/c23-14-6-7-16(15(24)10-14)25-18(30)12-33-22-27-26-21-28(11-13-4-2-1-3-5-13)20(31)19-17(29(21)22)8-9-32-19/h1-10H,11-12H2,(H,25,30). The van der Waals surface area contributed by atoms with Crippen molar-refractivity contribution in [1.82, 2.24) is 19.2 Å². The van der Waals surface area contributed by atoms with Gasteiger partial charge in [0.25, 0.3) is 5.56 Å². The van der Waals surface area contributed by atoms with Crippen LogP contribution < -0.4 is 10.9 Å². The van der Waals surface area contributed by atoms with E-state index in [4.69, 9.17) is 0 Å². The second kappa shape index (κ2) is 8.75. The summed E-state index contributed by atoms with van der Waals surface area (Å²) in [5, 5.41) is 13.1. The van der Waals surface area contributed by atoms with Crippen LogP contribution in [-0.4, -0.2) is 30.8 Å².